The van der Waals surface area contributed by atoms with E-state index >= 15 is 0 Å². The Kier molecular flexibility index (Phi) is 5.95. The molecule has 6 heteroatoms. The molecular formula is C19H20BrFN2O2. The van der Waals surface area contributed by atoms with Crippen molar-refractivity contribution < 1.29 is 14.0 Å². The zero-order valence-electron chi connectivity index (χ0n) is 14.3. The van der Waals surface area contributed by atoms with Crippen molar-refractivity contribution in [1.82, 2.24) is 5.32 Å². The molecule has 0 heterocycles. The zero-order chi connectivity index (χ0) is 18.6. The van der Waals surface area contributed by atoms with Gasteiger partial charge in [0.1, 0.15) is 5.82 Å². The van der Waals surface area contributed by atoms with Gasteiger partial charge in [0, 0.05) is 10.2 Å². The Bertz CT molecular complexity index is 789. The van der Waals surface area contributed by atoms with Gasteiger partial charge in [-0.15, -0.1) is 0 Å². The van der Waals surface area contributed by atoms with Crippen molar-refractivity contribution in [2.24, 2.45) is 0 Å². The lowest BCUT2D eigenvalue weighted by molar-refractivity contribution is -0.127. The van der Waals surface area contributed by atoms with Gasteiger partial charge in [-0.1, -0.05) is 28.1 Å². The molecule has 0 aliphatic heterocycles. The van der Waals surface area contributed by atoms with Crippen LogP contribution in [0.2, 0.25) is 0 Å². The maximum Gasteiger partial charge on any atom is 0.243 e. The Morgan fingerprint density at radius 3 is 2.36 bits per heavy atom. The molecule has 0 radical (unpaired) electrons. The molecule has 25 heavy (non-hydrogen) atoms. The lowest BCUT2D eigenvalue weighted by Crippen LogP contribution is -2.43. The molecule has 4 nitrogen and oxygen atoms in total. The van der Waals surface area contributed by atoms with Gasteiger partial charge < -0.3 is 10.6 Å². The largest absolute Gasteiger partial charge is 0.346 e. The minimum atomic E-state index is -0.873. The topological polar surface area (TPSA) is 58.2 Å². The van der Waals surface area contributed by atoms with Crippen LogP contribution in [0.1, 0.15) is 25.0 Å². The highest BCUT2D eigenvalue weighted by atomic mass is 79.9. The number of anilines is 1. The van der Waals surface area contributed by atoms with E-state index in [-0.39, 0.29) is 24.2 Å². The van der Waals surface area contributed by atoms with Crippen LogP contribution in [0.5, 0.6) is 0 Å². The number of benzene rings is 2. The Morgan fingerprint density at radius 2 is 1.76 bits per heavy atom. The predicted octanol–water partition coefficient (Wildman–Crippen LogP) is 3.93. The fourth-order valence-corrected chi connectivity index (χ4v) is 2.55. The first-order chi connectivity index (χ1) is 11.7. The molecule has 0 aliphatic carbocycles. The molecule has 0 atom stereocenters. The van der Waals surface area contributed by atoms with Crippen LogP contribution >= 0.6 is 15.9 Å². The number of rotatable bonds is 5. The second-order valence-electron chi connectivity index (χ2n) is 6.33. The van der Waals surface area contributed by atoms with Gasteiger partial charge in [-0.05, 0) is 62.2 Å². The number of hydrogen-bond acceptors (Lipinski definition) is 2. The van der Waals surface area contributed by atoms with Gasteiger partial charge in [0.05, 0.1) is 12.0 Å². The van der Waals surface area contributed by atoms with Crippen molar-refractivity contribution in [3.8, 4) is 0 Å². The summed E-state index contributed by atoms with van der Waals surface area (Å²) in [5, 5.41) is 5.37. The van der Waals surface area contributed by atoms with Gasteiger partial charge in [-0.2, -0.15) is 0 Å². The molecule has 2 aromatic rings. The minimum Gasteiger partial charge on any atom is -0.346 e. The van der Waals surface area contributed by atoms with E-state index in [4.69, 9.17) is 0 Å². The van der Waals surface area contributed by atoms with Gasteiger partial charge in [-0.25, -0.2) is 4.39 Å². The van der Waals surface area contributed by atoms with Crippen LogP contribution in [-0.4, -0.2) is 18.4 Å². The lowest BCUT2D eigenvalue weighted by Gasteiger charge is -2.24. The van der Waals surface area contributed by atoms with Gasteiger partial charge in [0.25, 0.3) is 0 Å². The Balaban J connectivity index is 1.95. The molecule has 2 N–H and O–H groups in total. The maximum absolute atomic E-state index is 13.0. The van der Waals surface area contributed by atoms with Crippen molar-refractivity contribution >= 4 is 33.4 Å². The summed E-state index contributed by atoms with van der Waals surface area (Å²) >= 11 is 3.40. The molecule has 2 aromatic carbocycles. The van der Waals surface area contributed by atoms with Crippen LogP contribution in [0.4, 0.5) is 10.1 Å². The number of hydrogen-bond donors (Lipinski definition) is 2. The zero-order valence-corrected chi connectivity index (χ0v) is 15.9. The number of halogens is 2. The molecule has 0 aliphatic rings. The molecule has 132 valence electrons. The number of nitrogens with one attached hydrogen (secondary N) is 2. The van der Waals surface area contributed by atoms with Gasteiger partial charge in [0.15, 0.2) is 0 Å². The number of carbonyl (C=O) groups is 2. The third-order valence-electron chi connectivity index (χ3n) is 3.98. The molecule has 0 fully saturated rings. The molecule has 0 saturated carbocycles. The first-order valence-electron chi connectivity index (χ1n) is 7.80. The van der Waals surface area contributed by atoms with Crippen LogP contribution in [-0.2, 0) is 15.0 Å². The van der Waals surface area contributed by atoms with E-state index < -0.39 is 5.41 Å². The summed E-state index contributed by atoms with van der Waals surface area (Å²) in [5.74, 6) is -0.977. The summed E-state index contributed by atoms with van der Waals surface area (Å²) in [6.45, 7) is 5.24. The number of aryl methyl sites for hydroxylation is 1. The van der Waals surface area contributed by atoms with E-state index in [0.717, 1.165) is 10.0 Å². The standard InChI is InChI=1S/C19H20BrFN2O2/c1-12-10-15(8-9-16(12)20)23-17(24)11-22-18(25)19(2,3)13-4-6-14(21)7-5-13/h4-10H,11H2,1-3H3,(H,22,25)(H,23,24). The van der Waals surface area contributed by atoms with Crippen LogP contribution in [0.15, 0.2) is 46.9 Å². The SMILES string of the molecule is Cc1cc(NC(=O)CNC(=O)C(C)(C)c2ccc(F)cc2)ccc1Br. The lowest BCUT2D eigenvalue weighted by atomic mass is 9.83. The molecule has 0 bridgehead atoms. The molecule has 0 saturated heterocycles. The van der Waals surface area contributed by atoms with Crippen LogP contribution in [0, 0.1) is 12.7 Å². The average Bonchev–Trinajstić information content (AvgIpc) is 2.56. The fraction of sp³-hybridized carbons (Fsp3) is 0.263. The highest BCUT2D eigenvalue weighted by Crippen LogP contribution is 2.23. The summed E-state index contributed by atoms with van der Waals surface area (Å²) in [4.78, 5) is 24.4. The molecule has 2 rings (SSSR count). The van der Waals surface area contributed by atoms with Crippen LogP contribution in [0.25, 0.3) is 0 Å². The second-order valence-corrected chi connectivity index (χ2v) is 7.18. The monoisotopic (exact) mass is 406 g/mol. The highest BCUT2D eigenvalue weighted by Gasteiger charge is 2.29. The Labute approximate surface area is 154 Å². The van der Waals surface area contributed by atoms with E-state index in [9.17, 15) is 14.0 Å². The smallest absolute Gasteiger partial charge is 0.243 e. The van der Waals surface area contributed by atoms with E-state index in [0.29, 0.717) is 11.3 Å². The molecule has 0 spiro atoms. The maximum atomic E-state index is 13.0. The summed E-state index contributed by atoms with van der Waals surface area (Å²) in [7, 11) is 0. The normalized spacial score (nSPS) is 11.1. The van der Waals surface area contributed by atoms with Gasteiger partial charge >= 0.3 is 0 Å². The van der Waals surface area contributed by atoms with Crippen molar-refractivity contribution in [3.05, 3.63) is 63.9 Å². The summed E-state index contributed by atoms with van der Waals surface area (Å²) in [6.07, 6.45) is 0. The van der Waals surface area contributed by atoms with Crippen molar-refractivity contribution in [3.63, 3.8) is 0 Å². The predicted molar refractivity (Wildman–Crippen MR) is 99.9 cm³/mol. The summed E-state index contributed by atoms with van der Waals surface area (Å²) in [6, 6.07) is 11.2. The summed E-state index contributed by atoms with van der Waals surface area (Å²) < 4.78 is 14.0. The number of amides is 2. The molecular weight excluding hydrogens is 387 g/mol. The van der Waals surface area contributed by atoms with Gasteiger partial charge in [-0.3, -0.25) is 9.59 Å². The van der Waals surface area contributed by atoms with Crippen molar-refractivity contribution in [1.29, 1.82) is 0 Å². The van der Waals surface area contributed by atoms with Crippen molar-refractivity contribution in [2.75, 3.05) is 11.9 Å². The van der Waals surface area contributed by atoms with E-state index in [1.54, 1.807) is 32.0 Å². The second kappa shape index (κ2) is 7.78. The Morgan fingerprint density at radius 1 is 1.12 bits per heavy atom. The number of carbonyl (C=O) groups excluding carboxylic acids is 2. The highest BCUT2D eigenvalue weighted by molar-refractivity contribution is 9.10. The van der Waals surface area contributed by atoms with E-state index in [2.05, 4.69) is 26.6 Å². The fourth-order valence-electron chi connectivity index (χ4n) is 2.31. The quantitative estimate of drug-likeness (QED) is 0.789. The van der Waals surface area contributed by atoms with Crippen LogP contribution in [0.3, 0.4) is 0 Å². The van der Waals surface area contributed by atoms with Gasteiger partial charge in [0.2, 0.25) is 11.8 Å². The third-order valence-corrected chi connectivity index (χ3v) is 4.87. The molecule has 2 amide bonds. The first-order valence-corrected chi connectivity index (χ1v) is 8.60. The minimum absolute atomic E-state index is 0.140. The molecule has 0 unspecified atom stereocenters. The van der Waals surface area contributed by atoms with Crippen molar-refractivity contribution in [2.45, 2.75) is 26.2 Å². The Hall–Kier alpha value is -2.21. The van der Waals surface area contributed by atoms with E-state index in [1.807, 2.05) is 19.1 Å². The van der Waals surface area contributed by atoms with E-state index in [1.165, 1.54) is 12.1 Å². The third kappa shape index (κ3) is 4.89. The summed E-state index contributed by atoms with van der Waals surface area (Å²) in [5.41, 5.74) is 1.47. The molecule has 0 aromatic heterocycles. The first kappa shape index (κ1) is 19.1. The average molecular weight is 407 g/mol. The van der Waals surface area contributed by atoms with Crippen LogP contribution < -0.4 is 10.6 Å².